The summed E-state index contributed by atoms with van der Waals surface area (Å²) < 4.78 is 32.5. The number of aliphatic hydroxyl groups is 14. The minimum absolute atomic E-state index is 0.0925. The maximum absolute atomic E-state index is 13.1. The van der Waals surface area contributed by atoms with Crippen LogP contribution in [0.2, 0.25) is 0 Å². The van der Waals surface area contributed by atoms with Crippen LogP contribution in [0.15, 0.2) is 24.3 Å². The zero-order valence-corrected chi connectivity index (χ0v) is 30.3. The van der Waals surface area contributed by atoms with Crippen LogP contribution in [0, 0.1) is 0 Å². The van der Waals surface area contributed by atoms with Crippen LogP contribution < -0.4 is 10.6 Å². The number of aliphatic hydroxyl groups excluding tert-OH is 14. The Morgan fingerprint density at radius 2 is 1.16 bits per heavy atom. The molecule has 0 spiro atoms. The first kappa shape index (κ1) is 47.0. The SMILES string of the molecule is CC(O)C(O)C(OC(O)CO)OC1C(CO)OC(NC(=O)c2ccc(C(=O)NC3OC(CO)C(OC4OC(CO)C(O)C(O)CC4O)C(O)C3O)cc2)C(O)C1O. The molecule has 0 radical (unpaired) electrons. The van der Waals surface area contributed by atoms with E-state index >= 15 is 0 Å². The molecule has 16 N–H and O–H groups in total. The van der Waals surface area contributed by atoms with Crippen LogP contribution in [-0.4, -0.2) is 227 Å². The topological polar surface area (TPSA) is 397 Å². The Morgan fingerprint density at radius 3 is 1.61 bits per heavy atom. The predicted octanol–water partition coefficient (Wildman–Crippen LogP) is -8.62. The Bertz CT molecular complexity index is 1410. The summed E-state index contributed by atoms with van der Waals surface area (Å²) in [5, 5.41) is 147. The highest BCUT2D eigenvalue weighted by atomic mass is 16.8. The van der Waals surface area contributed by atoms with Crippen LogP contribution in [0.3, 0.4) is 0 Å². The highest BCUT2D eigenvalue weighted by Gasteiger charge is 2.50. The van der Waals surface area contributed by atoms with Crippen molar-refractivity contribution in [1.29, 1.82) is 0 Å². The number of hydrogen-bond acceptors (Lipinski definition) is 22. The molecule has 1 aromatic carbocycles. The lowest BCUT2D eigenvalue weighted by Gasteiger charge is -2.43. The third-order valence-corrected chi connectivity index (χ3v) is 9.55. The highest BCUT2D eigenvalue weighted by molar-refractivity contribution is 5.98. The highest BCUT2D eigenvalue weighted by Crippen LogP contribution is 2.29. The molecule has 0 saturated carbocycles. The minimum Gasteiger partial charge on any atom is -0.394 e. The van der Waals surface area contributed by atoms with Crippen LogP contribution in [0.4, 0.5) is 0 Å². The normalized spacial score (nSPS) is 38.3. The first-order valence-electron chi connectivity index (χ1n) is 17.8. The van der Waals surface area contributed by atoms with E-state index in [1.54, 1.807) is 0 Å². The van der Waals surface area contributed by atoms with Gasteiger partial charge in [0.05, 0.1) is 38.6 Å². The van der Waals surface area contributed by atoms with E-state index in [0.29, 0.717) is 0 Å². The summed E-state index contributed by atoms with van der Waals surface area (Å²) in [6.07, 6.45) is -32.4. The second kappa shape index (κ2) is 21.1. The molecule has 24 heteroatoms. The predicted molar refractivity (Wildman–Crippen MR) is 181 cm³/mol. The molecular formula is C33H52N2O22. The fourth-order valence-electron chi connectivity index (χ4n) is 6.24. The molecular weight excluding hydrogens is 776 g/mol. The summed E-state index contributed by atoms with van der Waals surface area (Å²) in [6.45, 7) is -2.27. The molecule has 1 aromatic rings. The molecule has 3 fully saturated rings. The summed E-state index contributed by atoms with van der Waals surface area (Å²) in [4.78, 5) is 26.2. The third kappa shape index (κ3) is 11.4. The van der Waals surface area contributed by atoms with Crippen LogP contribution >= 0.6 is 0 Å². The summed E-state index contributed by atoms with van der Waals surface area (Å²) in [7, 11) is 0. The van der Waals surface area contributed by atoms with Gasteiger partial charge in [-0.3, -0.25) is 9.59 Å². The first-order valence-corrected chi connectivity index (χ1v) is 17.8. The molecule has 4 rings (SSSR count). The lowest BCUT2D eigenvalue weighted by molar-refractivity contribution is -0.330. The zero-order valence-electron chi connectivity index (χ0n) is 30.3. The lowest BCUT2D eigenvalue weighted by Crippen LogP contribution is -2.65. The number of amides is 2. The number of benzene rings is 1. The van der Waals surface area contributed by atoms with E-state index in [4.69, 9.17) is 33.5 Å². The number of nitrogens with one attached hydrogen (secondary N) is 2. The van der Waals surface area contributed by atoms with Gasteiger partial charge in [-0.25, -0.2) is 0 Å². The van der Waals surface area contributed by atoms with Crippen molar-refractivity contribution in [2.75, 3.05) is 26.4 Å². The van der Waals surface area contributed by atoms with E-state index in [0.717, 1.165) is 6.92 Å². The summed E-state index contributed by atoms with van der Waals surface area (Å²) in [6, 6.07) is 4.71. The van der Waals surface area contributed by atoms with Gasteiger partial charge in [0, 0.05) is 17.5 Å². The van der Waals surface area contributed by atoms with E-state index in [1.807, 2.05) is 0 Å². The summed E-state index contributed by atoms with van der Waals surface area (Å²) in [5.41, 5.74) is -0.191. The molecule has 0 aromatic heterocycles. The molecule has 3 aliphatic rings. The molecule has 0 bridgehead atoms. The smallest absolute Gasteiger partial charge is 0.253 e. The van der Waals surface area contributed by atoms with Gasteiger partial charge in [-0.1, -0.05) is 0 Å². The van der Waals surface area contributed by atoms with Crippen LogP contribution in [0.5, 0.6) is 0 Å². The molecule has 3 aliphatic heterocycles. The number of ether oxygens (including phenoxy) is 6. The molecule has 24 nitrogen and oxygen atoms in total. The minimum atomic E-state index is -1.92. The Hall–Kier alpha value is -2.64. The number of rotatable bonds is 16. The van der Waals surface area contributed by atoms with Gasteiger partial charge in [0.1, 0.15) is 73.2 Å². The van der Waals surface area contributed by atoms with Crippen molar-refractivity contribution < 1.29 is 110 Å². The van der Waals surface area contributed by atoms with Gasteiger partial charge in [-0.05, 0) is 31.2 Å². The average Bonchev–Trinajstić information content (AvgIpc) is 3.29. The number of hydrogen-bond donors (Lipinski definition) is 16. The third-order valence-electron chi connectivity index (χ3n) is 9.55. The average molecular weight is 829 g/mol. The number of carbonyl (C=O) groups excluding carboxylic acids is 2. The van der Waals surface area contributed by atoms with Crippen LogP contribution in [-0.2, 0) is 28.4 Å². The van der Waals surface area contributed by atoms with E-state index in [-0.39, 0.29) is 11.1 Å². The molecule has 3 heterocycles. The maximum Gasteiger partial charge on any atom is 0.253 e. The zero-order chi connectivity index (χ0) is 42.3. The second-order valence-corrected chi connectivity index (χ2v) is 13.7. The maximum atomic E-state index is 13.1. The van der Waals surface area contributed by atoms with E-state index < -0.39 is 161 Å². The Balaban J connectivity index is 1.36. The lowest BCUT2D eigenvalue weighted by atomic mass is 9.97. The van der Waals surface area contributed by atoms with Crippen molar-refractivity contribution in [3.05, 3.63) is 35.4 Å². The van der Waals surface area contributed by atoms with Crippen molar-refractivity contribution in [3.63, 3.8) is 0 Å². The van der Waals surface area contributed by atoms with Gasteiger partial charge in [-0.15, -0.1) is 0 Å². The molecule has 19 atom stereocenters. The molecule has 57 heavy (non-hydrogen) atoms. The standard InChI is InChI=1S/C33H52N2O22/c1-11(40)20(44)33(55-19(43)10-39)57-27-18(9-38)53-31(25(49)23(27)47)35-29(51)13-4-2-12(3-5-13)28(50)34-30-24(48)22(46)26(17(8-37)52-30)56-32-15(42)6-14(41)21(45)16(7-36)54-32/h2-5,11,14-27,30-33,36-49H,6-10H2,1H3,(H,34,50)(H,35,51). The fraction of sp³-hybridized carbons (Fsp3) is 0.758. The van der Waals surface area contributed by atoms with E-state index in [2.05, 4.69) is 10.6 Å². The summed E-state index contributed by atoms with van der Waals surface area (Å²) in [5.74, 6) is -1.78. The Kier molecular flexibility index (Phi) is 17.4. The monoisotopic (exact) mass is 828 g/mol. The van der Waals surface area contributed by atoms with Crippen molar-refractivity contribution in [2.24, 2.45) is 0 Å². The molecule has 0 aliphatic carbocycles. The van der Waals surface area contributed by atoms with Gasteiger partial charge in [-0.2, -0.15) is 0 Å². The van der Waals surface area contributed by atoms with Gasteiger partial charge >= 0.3 is 0 Å². The summed E-state index contributed by atoms with van der Waals surface area (Å²) >= 11 is 0. The van der Waals surface area contributed by atoms with Gasteiger partial charge in [0.2, 0.25) is 0 Å². The van der Waals surface area contributed by atoms with Gasteiger partial charge in [0.15, 0.2) is 31.3 Å². The van der Waals surface area contributed by atoms with Crippen LogP contribution in [0.1, 0.15) is 34.1 Å². The van der Waals surface area contributed by atoms with E-state index in [1.165, 1.54) is 24.3 Å². The number of carbonyl (C=O) groups is 2. The van der Waals surface area contributed by atoms with Crippen molar-refractivity contribution in [1.82, 2.24) is 10.6 Å². The van der Waals surface area contributed by atoms with Crippen molar-refractivity contribution >= 4 is 11.8 Å². The van der Waals surface area contributed by atoms with E-state index in [9.17, 15) is 76.0 Å². The molecule has 2 amide bonds. The van der Waals surface area contributed by atoms with Crippen LogP contribution in [0.25, 0.3) is 0 Å². The molecule has 19 unspecified atom stereocenters. The Labute approximate surface area is 323 Å². The van der Waals surface area contributed by atoms with Gasteiger partial charge in [0.25, 0.3) is 11.8 Å². The Morgan fingerprint density at radius 1 is 0.684 bits per heavy atom. The second-order valence-electron chi connectivity index (χ2n) is 13.7. The van der Waals surface area contributed by atoms with Crippen molar-refractivity contribution in [3.8, 4) is 0 Å². The van der Waals surface area contributed by atoms with Gasteiger partial charge < -0.3 is 111 Å². The largest absolute Gasteiger partial charge is 0.394 e. The molecule has 3 saturated heterocycles. The first-order chi connectivity index (χ1) is 26.9. The quantitative estimate of drug-likeness (QED) is 0.0688. The fourth-order valence-corrected chi connectivity index (χ4v) is 6.24. The molecule has 326 valence electrons. The van der Waals surface area contributed by atoms with Crippen molar-refractivity contribution in [2.45, 2.75) is 130 Å².